The number of hydrogen-bond acceptors (Lipinski definition) is 5. The van der Waals surface area contributed by atoms with Crippen LogP contribution in [0.1, 0.15) is 17.4 Å². The fourth-order valence-electron chi connectivity index (χ4n) is 0.596. The molecule has 0 saturated heterocycles. The zero-order valence-electron chi connectivity index (χ0n) is 6.52. The van der Waals surface area contributed by atoms with Gasteiger partial charge in [-0.05, 0) is 12.1 Å². The summed E-state index contributed by atoms with van der Waals surface area (Å²) < 4.78 is 4.22. The number of rotatable bonds is 3. The molecule has 2 N–H and O–H groups in total. The molecule has 0 aliphatic heterocycles. The van der Waals surface area contributed by atoms with Crippen molar-refractivity contribution >= 4 is 5.91 Å². The van der Waals surface area contributed by atoms with Crippen molar-refractivity contribution in [1.29, 1.82) is 0 Å². The van der Waals surface area contributed by atoms with Crippen molar-refractivity contribution in [2.75, 3.05) is 6.54 Å². The molecule has 0 fully saturated rings. The topological polar surface area (TPSA) is 88.2 Å². The van der Waals surface area contributed by atoms with E-state index in [0.29, 0.717) is 0 Å². The molecule has 66 valence electrons. The van der Waals surface area contributed by atoms with Gasteiger partial charge < -0.3 is 10.4 Å². The van der Waals surface area contributed by atoms with Gasteiger partial charge in [-0.15, -0.1) is 0 Å². The van der Waals surface area contributed by atoms with Gasteiger partial charge in [0, 0.05) is 6.54 Å². The van der Waals surface area contributed by atoms with E-state index in [0.717, 1.165) is 0 Å². The van der Waals surface area contributed by atoms with E-state index >= 15 is 0 Å². The molecular weight excluding hydrogens is 162 g/mol. The number of carbonyl (C=O) groups excluding carboxylic acids is 1. The molecule has 0 bridgehead atoms. The Labute approximate surface area is 68.5 Å². The van der Waals surface area contributed by atoms with Crippen LogP contribution in [0.15, 0.2) is 10.8 Å². The largest absolute Gasteiger partial charge is 0.392 e. The Kier molecular flexibility index (Phi) is 2.76. The van der Waals surface area contributed by atoms with Crippen molar-refractivity contribution in [3.8, 4) is 0 Å². The van der Waals surface area contributed by atoms with Crippen LogP contribution in [-0.2, 0) is 0 Å². The average molecular weight is 171 g/mol. The van der Waals surface area contributed by atoms with E-state index in [9.17, 15) is 4.79 Å². The lowest BCUT2D eigenvalue weighted by Gasteiger charge is -2.03. The lowest BCUT2D eigenvalue weighted by molar-refractivity contribution is 0.0914. The Morgan fingerprint density at radius 1 is 1.92 bits per heavy atom. The van der Waals surface area contributed by atoms with Gasteiger partial charge >= 0.3 is 0 Å². The molecule has 1 aromatic heterocycles. The van der Waals surface area contributed by atoms with Crippen molar-refractivity contribution in [2.45, 2.75) is 13.0 Å². The van der Waals surface area contributed by atoms with Crippen LogP contribution >= 0.6 is 0 Å². The molecule has 0 spiro atoms. The summed E-state index contributed by atoms with van der Waals surface area (Å²) in [5.74, 6) is -0.405. The summed E-state index contributed by atoms with van der Waals surface area (Å²) in [6.07, 6.45) is 0.631. The predicted octanol–water partition coefficient (Wildman–Crippen LogP) is -0.820. The number of aliphatic hydroxyl groups is 1. The molecule has 6 heteroatoms. The minimum absolute atomic E-state index is 0.107. The van der Waals surface area contributed by atoms with Crippen LogP contribution < -0.4 is 5.32 Å². The molecule has 0 aliphatic carbocycles. The highest BCUT2D eigenvalue weighted by atomic mass is 16.6. The quantitative estimate of drug-likeness (QED) is 0.620. The third kappa shape index (κ3) is 2.31. The Hall–Kier alpha value is -1.43. The summed E-state index contributed by atoms with van der Waals surface area (Å²) in [5, 5.41) is 17.8. The fraction of sp³-hybridized carbons (Fsp3) is 0.500. The van der Waals surface area contributed by atoms with Gasteiger partial charge in [0.25, 0.3) is 5.91 Å². The van der Waals surface area contributed by atoms with Crippen molar-refractivity contribution < 1.29 is 14.5 Å². The average Bonchev–Trinajstić information content (AvgIpc) is 2.51. The highest BCUT2D eigenvalue weighted by Crippen LogP contribution is 1.89. The van der Waals surface area contributed by atoms with Gasteiger partial charge in [0.2, 0.25) is 0 Å². The monoisotopic (exact) mass is 171 g/mol. The SMILES string of the molecule is C[C@@H](O)CNC(=O)c1cnon1. The van der Waals surface area contributed by atoms with E-state index in [4.69, 9.17) is 5.11 Å². The van der Waals surface area contributed by atoms with Crippen LogP contribution in [0.5, 0.6) is 0 Å². The van der Waals surface area contributed by atoms with E-state index in [1.807, 2.05) is 0 Å². The summed E-state index contributed by atoms with van der Waals surface area (Å²) in [4.78, 5) is 11.0. The zero-order valence-corrected chi connectivity index (χ0v) is 6.52. The number of aromatic nitrogens is 2. The standard InChI is InChI=1S/C6H9N3O3/c1-4(10)2-7-6(11)5-3-8-12-9-5/h3-4,10H,2H2,1H3,(H,7,11)/t4-/m1/s1. The Morgan fingerprint density at radius 3 is 3.17 bits per heavy atom. The van der Waals surface area contributed by atoms with E-state index < -0.39 is 12.0 Å². The first kappa shape index (κ1) is 8.66. The highest BCUT2D eigenvalue weighted by molar-refractivity contribution is 5.91. The molecule has 1 amide bonds. The minimum atomic E-state index is -0.575. The first-order valence-electron chi connectivity index (χ1n) is 3.44. The molecule has 6 nitrogen and oxygen atoms in total. The second-order valence-electron chi connectivity index (χ2n) is 2.35. The third-order valence-electron chi connectivity index (χ3n) is 1.15. The third-order valence-corrected chi connectivity index (χ3v) is 1.15. The molecule has 1 aromatic rings. The van der Waals surface area contributed by atoms with Crippen molar-refractivity contribution in [2.24, 2.45) is 0 Å². The summed E-state index contributed by atoms with van der Waals surface area (Å²) in [5.41, 5.74) is 0.107. The number of aliphatic hydroxyl groups excluding tert-OH is 1. The maximum atomic E-state index is 11.0. The molecule has 0 aliphatic rings. The molecule has 0 unspecified atom stereocenters. The highest BCUT2D eigenvalue weighted by Gasteiger charge is 2.09. The van der Waals surface area contributed by atoms with Gasteiger partial charge in [-0.1, -0.05) is 5.16 Å². The Bertz CT molecular complexity index is 245. The van der Waals surface area contributed by atoms with Crippen molar-refractivity contribution in [3.63, 3.8) is 0 Å². The normalized spacial score (nSPS) is 12.5. The number of nitrogens with zero attached hydrogens (tertiary/aromatic N) is 2. The molecule has 1 atom stereocenters. The first-order chi connectivity index (χ1) is 5.70. The first-order valence-corrected chi connectivity index (χ1v) is 3.44. The van der Waals surface area contributed by atoms with Crippen molar-refractivity contribution in [3.05, 3.63) is 11.9 Å². The Balaban J connectivity index is 2.40. The lowest BCUT2D eigenvalue weighted by atomic mass is 10.4. The maximum absolute atomic E-state index is 11.0. The molecular formula is C6H9N3O3. The molecule has 12 heavy (non-hydrogen) atoms. The molecule has 0 saturated carbocycles. The predicted molar refractivity (Wildman–Crippen MR) is 38.3 cm³/mol. The zero-order chi connectivity index (χ0) is 8.97. The van der Waals surface area contributed by atoms with Gasteiger partial charge in [0.1, 0.15) is 6.20 Å². The van der Waals surface area contributed by atoms with Gasteiger partial charge in [-0.3, -0.25) is 4.79 Å². The second kappa shape index (κ2) is 3.82. The van der Waals surface area contributed by atoms with Crippen molar-refractivity contribution in [1.82, 2.24) is 15.6 Å². The minimum Gasteiger partial charge on any atom is -0.392 e. The molecule has 0 radical (unpaired) electrons. The maximum Gasteiger partial charge on any atom is 0.275 e. The van der Waals surface area contributed by atoms with Gasteiger partial charge in [0.05, 0.1) is 6.10 Å². The van der Waals surface area contributed by atoms with Gasteiger partial charge in [-0.2, -0.15) is 0 Å². The smallest absolute Gasteiger partial charge is 0.275 e. The number of carbonyl (C=O) groups is 1. The van der Waals surface area contributed by atoms with Crippen LogP contribution in [0.25, 0.3) is 0 Å². The van der Waals surface area contributed by atoms with Crippen LogP contribution in [0.2, 0.25) is 0 Å². The lowest BCUT2D eigenvalue weighted by Crippen LogP contribution is -2.30. The Morgan fingerprint density at radius 2 is 2.67 bits per heavy atom. The van der Waals surface area contributed by atoms with Crippen LogP contribution in [-0.4, -0.2) is 34.0 Å². The van der Waals surface area contributed by atoms with E-state index in [1.54, 1.807) is 6.92 Å². The van der Waals surface area contributed by atoms with E-state index in [1.165, 1.54) is 6.20 Å². The van der Waals surface area contributed by atoms with Gasteiger partial charge in [-0.25, -0.2) is 4.63 Å². The van der Waals surface area contributed by atoms with Crippen LogP contribution in [0.4, 0.5) is 0 Å². The second-order valence-corrected chi connectivity index (χ2v) is 2.35. The summed E-state index contributed by atoms with van der Waals surface area (Å²) in [7, 11) is 0. The van der Waals surface area contributed by atoms with E-state index in [2.05, 4.69) is 20.3 Å². The number of hydrogen-bond donors (Lipinski definition) is 2. The van der Waals surface area contributed by atoms with Crippen LogP contribution in [0, 0.1) is 0 Å². The van der Waals surface area contributed by atoms with Gasteiger partial charge in [0.15, 0.2) is 5.69 Å². The summed E-state index contributed by atoms with van der Waals surface area (Å²) >= 11 is 0. The fourth-order valence-corrected chi connectivity index (χ4v) is 0.596. The van der Waals surface area contributed by atoms with E-state index in [-0.39, 0.29) is 12.2 Å². The number of nitrogens with one attached hydrogen (secondary N) is 1. The molecule has 0 aromatic carbocycles. The number of amides is 1. The molecule has 1 rings (SSSR count). The summed E-state index contributed by atoms with van der Waals surface area (Å²) in [6, 6.07) is 0. The summed E-state index contributed by atoms with van der Waals surface area (Å²) in [6.45, 7) is 1.76. The molecule has 1 heterocycles. The van der Waals surface area contributed by atoms with Crippen LogP contribution in [0.3, 0.4) is 0 Å².